The molecule has 108 valence electrons. The molecule has 2 aromatic rings. The number of aliphatic hydroxyl groups is 1. The van der Waals surface area contributed by atoms with Crippen LogP contribution in [0.15, 0.2) is 34.7 Å². The number of para-hydroxylation sites is 1. The minimum Gasteiger partial charge on any atom is -0.458 e. The Morgan fingerprint density at radius 2 is 1.95 bits per heavy atom. The van der Waals surface area contributed by atoms with Crippen LogP contribution < -0.4 is 0 Å². The van der Waals surface area contributed by atoms with E-state index in [2.05, 4.69) is 6.92 Å². The molecule has 0 aliphatic heterocycles. The third-order valence-electron chi connectivity index (χ3n) is 4.77. The van der Waals surface area contributed by atoms with E-state index in [4.69, 9.17) is 4.42 Å². The van der Waals surface area contributed by atoms with E-state index in [1.165, 1.54) is 25.7 Å². The van der Waals surface area contributed by atoms with Gasteiger partial charge in [-0.05, 0) is 36.8 Å². The average molecular weight is 272 g/mol. The summed E-state index contributed by atoms with van der Waals surface area (Å²) in [5.74, 6) is 1.98. The van der Waals surface area contributed by atoms with Crippen LogP contribution in [0.2, 0.25) is 0 Å². The summed E-state index contributed by atoms with van der Waals surface area (Å²) in [4.78, 5) is 0. The second kappa shape index (κ2) is 6.01. The fourth-order valence-corrected chi connectivity index (χ4v) is 3.58. The van der Waals surface area contributed by atoms with Crippen molar-refractivity contribution in [3.63, 3.8) is 0 Å². The Kier molecular flexibility index (Phi) is 4.11. The predicted molar refractivity (Wildman–Crippen MR) is 81.5 cm³/mol. The molecule has 1 aliphatic carbocycles. The van der Waals surface area contributed by atoms with E-state index < -0.39 is 6.10 Å². The third kappa shape index (κ3) is 2.76. The molecule has 1 atom stereocenters. The number of hydrogen-bond donors (Lipinski definition) is 1. The number of fused-ring (bicyclic) bond motifs is 1. The van der Waals surface area contributed by atoms with Crippen LogP contribution in [0.25, 0.3) is 11.0 Å². The summed E-state index contributed by atoms with van der Waals surface area (Å²) in [6, 6.07) is 9.97. The summed E-state index contributed by atoms with van der Waals surface area (Å²) in [6.07, 6.45) is 6.96. The van der Waals surface area contributed by atoms with Crippen molar-refractivity contribution in [2.45, 2.75) is 51.6 Å². The van der Waals surface area contributed by atoms with E-state index in [1.54, 1.807) is 0 Å². The molecule has 2 nitrogen and oxygen atoms in total. The Labute approximate surface area is 120 Å². The molecule has 1 fully saturated rings. The Balaban J connectivity index is 1.68. The molecule has 3 rings (SSSR count). The maximum atomic E-state index is 10.6. The highest BCUT2D eigenvalue weighted by atomic mass is 16.4. The van der Waals surface area contributed by atoms with Crippen LogP contribution in [0.5, 0.6) is 0 Å². The zero-order valence-electron chi connectivity index (χ0n) is 12.2. The molecule has 20 heavy (non-hydrogen) atoms. The van der Waals surface area contributed by atoms with Crippen molar-refractivity contribution >= 4 is 11.0 Å². The number of hydrogen-bond acceptors (Lipinski definition) is 2. The molecular formula is C18H24O2. The van der Waals surface area contributed by atoms with E-state index in [0.29, 0.717) is 5.92 Å². The van der Waals surface area contributed by atoms with Crippen molar-refractivity contribution in [3.05, 3.63) is 36.1 Å². The molecule has 1 N–H and O–H groups in total. The van der Waals surface area contributed by atoms with Crippen LogP contribution in [0.1, 0.15) is 57.3 Å². The van der Waals surface area contributed by atoms with Crippen molar-refractivity contribution in [1.82, 2.24) is 0 Å². The van der Waals surface area contributed by atoms with Gasteiger partial charge in [0.2, 0.25) is 0 Å². The summed E-state index contributed by atoms with van der Waals surface area (Å²) in [5.41, 5.74) is 0.876. The van der Waals surface area contributed by atoms with Gasteiger partial charge in [0, 0.05) is 5.39 Å². The van der Waals surface area contributed by atoms with Gasteiger partial charge >= 0.3 is 0 Å². The van der Waals surface area contributed by atoms with Gasteiger partial charge in [0.15, 0.2) is 0 Å². The van der Waals surface area contributed by atoms with Gasteiger partial charge in [-0.15, -0.1) is 0 Å². The van der Waals surface area contributed by atoms with E-state index in [9.17, 15) is 5.11 Å². The number of aliphatic hydroxyl groups excluding tert-OH is 1. The lowest BCUT2D eigenvalue weighted by atomic mass is 9.77. The van der Waals surface area contributed by atoms with Crippen LogP contribution in [0, 0.1) is 11.8 Å². The van der Waals surface area contributed by atoms with Gasteiger partial charge in [-0.3, -0.25) is 0 Å². The Morgan fingerprint density at radius 3 is 2.65 bits per heavy atom. The number of benzene rings is 1. The Bertz CT molecular complexity index is 516. The highest BCUT2D eigenvalue weighted by molar-refractivity contribution is 5.77. The second-order valence-corrected chi connectivity index (χ2v) is 6.20. The van der Waals surface area contributed by atoms with Crippen molar-refractivity contribution < 1.29 is 9.52 Å². The topological polar surface area (TPSA) is 33.4 Å². The van der Waals surface area contributed by atoms with Crippen LogP contribution in [0.3, 0.4) is 0 Å². The van der Waals surface area contributed by atoms with Crippen LogP contribution in [-0.2, 0) is 0 Å². The van der Waals surface area contributed by atoms with E-state index in [1.807, 2.05) is 30.3 Å². The second-order valence-electron chi connectivity index (χ2n) is 6.20. The van der Waals surface area contributed by atoms with Gasteiger partial charge in [0.1, 0.15) is 17.4 Å². The normalized spacial score (nSPS) is 24.9. The highest BCUT2D eigenvalue weighted by Crippen LogP contribution is 2.39. The summed E-state index contributed by atoms with van der Waals surface area (Å²) < 4.78 is 5.81. The Morgan fingerprint density at radius 1 is 1.20 bits per heavy atom. The average Bonchev–Trinajstić information content (AvgIpc) is 2.91. The van der Waals surface area contributed by atoms with Crippen LogP contribution in [0.4, 0.5) is 0 Å². The minimum atomic E-state index is -0.440. The molecule has 0 bridgehead atoms. The molecule has 1 unspecified atom stereocenters. The SMILES string of the molecule is CCCC1CCC(C(O)c2cc3ccccc3o2)CC1. The molecule has 1 saturated carbocycles. The quantitative estimate of drug-likeness (QED) is 0.842. The third-order valence-corrected chi connectivity index (χ3v) is 4.77. The first-order valence-corrected chi connectivity index (χ1v) is 7.94. The molecular weight excluding hydrogens is 248 g/mol. The number of furan rings is 1. The van der Waals surface area contributed by atoms with Gasteiger partial charge in [0.25, 0.3) is 0 Å². The van der Waals surface area contributed by atoms with Crippen LogP contribution >= 0.6 is 0 Å². The number of rotatable bonds is 4. The first kappa shape index (κ1) is 13.7. The highest BCUT2D eigenvalue weighted by Gasteiger charge is 2.28. The lowest BCUT2D eigenvalue weighted by molar-refractivity contribution is 0.0560. The zero-order valence-corrected chi connectivity index (χ0v) is 12.2. The van der Waals surface area contributed by atoms with E-state index >= 15 is 0 Å². The van der Waals surface area contributed by atoms with E-state index in [-0.39, 0.29) is 0 Å². The maximum absolute atomic E-state index is 10.6. The van der Waals surface area contributed by atoms with Crippen molar-refractivity contribution in [1.29, 1.82) is 0 Å². The monoisotopic (exact) mass is 272 g/mol. The summed E-state index contributed by atoms with van der Waals surface area (Å²) in [6.45, 7) is 2.26. The van der Waals surface area contributed by atoms with Gasteiger partial charge in [-0.25, -0.2) is 0 Å². The first-order chi connectivity index (χ1) is 9.78. The summed E-state index contributed by atoms with van der Waals surface area (Å²) in [5, 5.41) is 11.7. The zero-order chi connectivity index (χ0) is 13.9. The molecule has 1 aromatic heterocycles. The van der Waals surface area contributed by atoms with Gasteiger partial charge in [-0.1, -0.05) is 50.8 Å². The predicted octanol–water partition coefficient (Wildman–Crippen LogP) is 5.07. The molecule has 0 saturated heterocycles. The lowest BCUT2D eigenvalue weighted by Crippen LogP contribution is -2.20. The molecule has 0 radical (unpaired) electrons. The molecule has 0 amide bonds. The van der Waals surface area contributed by atoms with Gasteiger partial charge < -0.3 is 9.52 Å². The smallest absolute Gasteiger partial charge is 0.134 e. The fourth-order valence-electron chi connectivity index (χ4n) is 3.58. The molecule has 1 heterocycles. The summed E-state index contributed by atoms with van der Waals surface area (Å²) >= 11 is 0. The molecule has 1 aliphatic rings. The molecule has 2 heteroatoms. The molecule has 0 spiro atoms. The minimum absolute atomic E-state index is 0.365. The molecule has 1 aromatic carbocycles. The van der Waals surface area contributed by atoms with Gasteiger partial charge in [-0.2, -0.15) is 0 Å². The van der Waals surface area contributed by atoms with Crippen molar-refractivity contribution in [2.75, 3.05) is 0 Å². The van der Waals surface area contributed by atoms with Gasteiger partial charge in [0.05, 0.1) is 0 Å². The fraction of sp³-hybridized carbons (Fsp3) is 0.556. The van der Waals surface area contributed by atoms with Crippen molar-refractivity contribution in [3.8, 4) is 0 Å². The summed E-state index contributed by atoms with van der Waals surface area (Å²) in [7, 11) is 0. The van der Waals surface area contributed by atoms with Crippen molar-refractivity contribution in [2.24, 2.45) is 11.8 Å². The van der Waals surface area contributed by atoms with E-state index in [0.717, 1.165) is 35.5 Å². The standard InChI is InChI=1S/C18H24O2/c1-2-5-13-8-10-14(11-9-13)18(19)17-12-15-6-3-4-7-16(15)20-17/h3-4,6-7,12-14,18-19H,2,5,8-11H2,1H3. The van der Waals surface area contributed by atoms with Crippen LogP contribution in [-0.4, -0.2) is 5.11 Å². The first-order valence-electron chi connectivity index (χ1n) is 7.94. The largest absolute Gasteiger partial charge is 0.458 e. The Hall–Kier alpha value is -1.28. The maximum Gasteiger partial charge on any atom is 0.134 e. The lowest BCUT2D eigenvalue weighted by Gasteiger charge is -2.30.